The van der Waals surface area contributed by atoms with Crippen molar-refractivity contribution < 1.29 is 13.2 Å². The van der Waals surface area contributed by atoms with Gasteiger partial charge in [-0.3, -0.25) is 0 Å². The van der Waals surface area contributed by atoms with E-state index in [0.717, 1.165) is 37.4 Å². The lowest BCUT2D eigenvalue weighted by Gasteiger charge is -2.13. The van der Waals surface area contributed by atoms with Crippen LogP contribution in [-0.4, -0.2) is 14.8 Å². The van der Waals surface area contributed by atoms with Crippen LogP contribution in [0.15, 0.2) is 12.3 Å². The lowest BCUT2D eigenvalue weighted by atomic mass is 9.99. The molecule has 0 radical (unpaired) electrons. The van der Waals surface area contributed by atoms with Crippen molar-refractivity contribution in [3.8, 4) is 5.82 Å². The van der Waals surface area contributed by atoms with E-state index in [-0.39, 0.29) is 5.69 Å². The Morgan fingerprint density at radius 2 is 1.86 bits per heavy atom. The molecule has 0 N–H and O–H groups in total. The second kappa shape index (κ2) is 4.86. The highest BCUT2D eigenvalue weighted by molar-refractivity contribution is 5.40. The summed E-state index contributed by atoms with van der Waals surface area (Å²) < 4.78 is 40.3. The van der Waals surface area contributed by atoms with Gasteiger partial charge < -0.3 is 0 Å². The number of fused-ring (bicyclic) bond motifs is 1. The normalized spacial score (nSPS) is 15.1. The highest BCUT2D eigenvalue weighted by Gasteiger charge is 2.34. The van der Waals surface area contributed by atoms with Gasteiger partial charge in [-0.2, -0.15) is 18.3 Å². The molecule has 0 unspecified atom stereocenters. The van der Waals surface area contributed by atoms with E-state index >= 15 is 0 Å². The zero-order valence-electron chi connectivity index (χ0n) is 12.0. The van der Waals surface area contributed by atoms with Crippen LogP contribution in [-0.2, 0) is 19.0 Å². The molecule has 0 amide bonds. The number of hydrogen-bond acceptors (Lipinski definition) is 2. The zero-order chi connectivity index (χ0) is 15.2. The standard InChI is InChI=1S/C15H16F3N3/c1-9-7-12(15(16,17)18)10(2)19-14(9)21-8-11-5-3-4-6-13(11)20-21/h7-8H,3-6H2,1-2H3. The van der Waals surface area contributed by atoms with E-state index in [0.29, 0.717) is 11.4 Å². The molecule has 2 aromatic heterocycles. The Morgan fingerprint density at radius 3 is 2.52 bits per heavy atom. The Bertz CT molecular complexity index is 663. The van der Waals surface area contributed by atoms with Crippen molar-refractivity contribution in [2.24, 2.45) is 0 Å². The molecule has 0 atom stereocenters. The number of aryl methyl sites for hydroxylation is 4. The van der Waals surface area contributed by atoms with Crippen LogP contribution in [0.4, 0.5) is 13.2 Å². The molecule has 2 heterocycles. The molecule has 3 rings (SSSR count). The quantitative estimate of drug-likeness (QED) is 0.801. The number of nitrogens with zero attached hydrogens (tertiary/aromatic N) is 3. The van der Waals surface area contributed by atoms with Gasteiger partial charge in [-0.05, 0) is 56.7 Å². The molecule has 6 heteroatoms. The molecule has 0 spiro atoms. The number of rotatable bonds is 1. The Kier molecular flexibility index (Phi) is 3.26. The van der Waals surface area contributed by atoms with Gasteiger partial charge in [0.15, 0.2) is 5.82 Å². The average molecular weight is 295 g/mol. The smallest absolute Gasteiger partial charge is 0.233 e. The minimum absolute atomic E-state index is 0.0171. The van der Waals surface area contributed by atoms with E-state index in [1.165, 1.54) is 12.5 Å². The summed E-state index contributed by atoms with van der Waals surface area (Å²) in [5.41, 5.74) is 2.00. The first-order valence-corrected chi connectivity index (χ1v) is 6.99. The summed E-state index contributed by atoms with van der Waals surface area (Å²) >= 11 is 0. The minimum Gasteiger partial charge on any atom is -0.233 e. The highest BCUT2D eigenvalue weighted by Crippen LogP contribution is 2.33. The number of halogens is 3. The van der Waals surface area contributed by atoms with E-state index in [1.54, 1.807) is 11.6 Å². The molecule has 0 saturated carbocycles. The van der Waals surface area contributed by atoms with E-state index in [4.69, 9.17) is 0 Å². The maximum absolute atomic E-state index is 12.9. The Balaban J connectivity index is 2.07. The monoisotopic (exact) mass is 295 g/mol. The first-order chi connectivity index (χ1) is 9.86. The predicted octanol–water partition coefficient (Wildman–Crippen LogP) is 3.78. The zero-order valence-corrected chi connectivity index (χ0v) is 12.0. The highest BCUT2D eigenvalue weighted by atomic mass is 19.4. The molecular weight excluding hydrogens is 279 g/mol. The summed E-state index contributed by atoms with van der Waals surface area (Å²) in [4.78, 5) is 4.13. The number of aromatic nitrogens is 3. The summed E-state index contributed by atoms with van der Waals surface area (Å²) in [6.07, 6.45) is 1.69. The third-order valence-corrected chi connectivity index (χ3v) is 3.89. The largest absolute Gasteiger partial charge is 0.418 e. The first-order valence-electron chi connectivity index (χ1n) is 6.99. The number of pyridine rings is 1. The summed E-state index contributed by atoms with van der Waals surface area (Å²) in [5, 5.41) is 4.49. The Hall–Kier alpha value is -1.85. The van der Waals surface area contributed by atoms with Gasteiger partial charge in [0.05, 0.1) is 17.0 Å². The fourth-order valence-electron chi connectivity index (χ4n) is 2.79. The van der Waals surface area contributed by atoms with E-state index < -0.39 is 11.7 Å². The molecule has 2 aromatic rings. The molecule has 1 aliphatic carbocycles. The first kappa shape index (κ1) is 14.1. The maximum Gasteiger partial charge on any atom is 0.418 e. The van der Waals surface area contributed by atoms with Crippen LogP contribution in [0.1, 0.15) is 40.9 Å². The van der Waals surface area contributed by atoms with Crippen LogP contribution in [0, 0.1) is 13.8 Å². The van der Waals surface area contributed by atoms with E-state index in [2.05, 4.69) is 10.1 Å². The molecule has 0 aromatic carbocycles. The van der Waals surface area contributed by atoms with Crippen LogP contribution in [0.2, 0.25) is 0 Å². The van der Waals surface area contributed by atoms with Crippen LogP contribution in [0.25, 0.3) is 5.82 Å². The van der Waals surface area contributed by atoms with Crippen molar-refractivity contribution in [3.05, 3.63) is 40.3 Å². The van der Waals surface area contributed by atoms with Gasteiger partial charge >= 0.3 is 6.18 Å². The summed E-state index contributed by atoms with van der Waals surface area (Å²) in [6, 6.07) is 1.15. The molecule has 3 nitrogen and oxygen atoms in total. The Morgan fingerprint density at radius 1 is 1.14 bits per heavy atom. The van der Waals surface area contributed by atoms with Crippen molar-refractivity contribution in [1.82, 2.24) is 14.8 Å². The van der Waals surface area contributed by atoms with Gasteiger partial charge in [-0.25, -0.2) is 9.67 Å². The van der Waals surface area contributed by atoms with E-state index in [9.17, 15) is 13.2 Å². The van der Waals surface area contributed by atoms with Gasteiger partial charge in [0.2, 0.25) is 0 Å². The molecule has 0 saturated heterocycles. The summed E-state index contributed by atoms with van der Waals surface area (Å²) in [6.45, 7) is 3.02. The van der Waals surface area contributed by atoms with Crippen molar-refractivity contribution in [2.45, 2.75) is 45.7 Å². The van der Waals surface area contributed by atoms with Crippen molar-refractivity contribution in [2.75, 3.05) is 0 Å². The second-order valence-corrected chi connectivity index (χ2v) is 5.51. The summed E-state index contributed by atoms with van der Waals surface area (Å²) in [5.74, 6) is 0.481. The summed E-state index contributed by atoms with van der Waals surface area (Å²) in [7, 11) is 0. The van der Waals surface area contributed by atoms with E-state index in [1.807, 2.05) is 6.20 Å². The topological polar surface area (TPSA) is 30.7 Å². The molecule has 21 heavy (non-hydrogen) atoms. The molecule has 0 aliphatic heterocycles. The lowest BCUT2D eigenvalue weighted by molar-refractivity contribution is -0.138. The SMILES string of the molecule is Cc1cc(C(F)(F)F)c(C)nc1-n1cc2c(n1)CCCC2. The van der Waals surface area contributed by atoms with Crippen LogP contribution in [0.5, 0.6) is 0 Å². The minimum atomic E-state index is -4.37. The molecule has 0 fully saturated rings. The third kappa shape index (κ3) is 2.54. The van der Waals surface area contributed by atoms with Crippen molar-refractivity contribution >= 4 is 0 Å². The van der Waals surface area contributed by atoms with Crippen LogP contribution < -0.4 is 0 Å². The van der Waals surface area contributed by atoms with Crippen LogP contribution >= 0.6 is 0 Å². The van der Waals surface area contributed by atoms with Gasteiger partial charge in [-0.15, -0.1) is 0 Å². The fraction of sp³-hybridized carbons (Fsp3) is 0.467. The predicted molar refractivity (Wildman–Crippen MR) is 72.5 cm³/mol. The number of hydrogen-bond donors (Lipinski definition) is 0. The molecule has 0 bridgehead atoms. The Labute approximate surface area is 120 Å². The number of alkyl halides is 3. The van der Waals surface area contributed by atoms with Gasteiger partial charge in [0.1, 0.15) is 0 Å². The third-order valence-electron chi connectivity index (χ3n) is 3.89. The average Bonchev–Trinajstić information content (AvgIpc) is 2.83. The second-order valence-electron chi connectivity index (χ2n) is 5.51. The fourth-order valence-corrected chi connectivity index (χ4v) is 2.79. The van der Waals surface area contributed by atoms with Crippen LogP contribution in [0.3, 0.4) is 0 Å². The van der Waals surface area contributed by atoms with Gasteiger partial charge in [0.25, 0.3) is 0 Å². The van der Waals surface area contributed by atoms with Crippen molar-refractivity contribution in [1.29, 1.82) is 0 Å². The van der Waals surface area contributed by atoms with Gasteiger partial charge in [0, 0.05) is 6.20 Å². The van der Waals surface area contributed by atoms with Gasteiger partial charge in [-0.1, -0.05) is 0 Å². The van der Waals surface area contributed by atoms with Crippen molar-refractivity contribution in [3.63, 3.8) is 0 Å². The molecule has 112 valence electrons. The molecule has 1 aliphatic rings. The molecular formula is C15H16F3N3. The lowest BCUT2D eigenvalue weighted by Crippen LogP contribution is -2.12. The maximum atomic E-state index is 12.9.